The molecule has 0 amide bonds. The van der Waals surface area contributed by atoms with Gasteiger partial charge in [-0.15, -0.1) is 0 Å². The molecule has 0 atom stereocenters. The second kappa shape index (κ2) is 4.49. The van der Waals surface area contributed by atoms with E-state index < -0.39 is 0 Å². The van der Waals surface area contributed by atoms with Crippen LogP contribution in [0.5, 0.6) is 0 Å². The van der Waals surface area contributed by atoms with Crippen molar-refractivity contribution in [2.24, 2.45) is 0 Å². The van der Waals surface area contributed by atoms with E-state index in [9.17, 15) is 9.59 Å². The van der Waals surface area contributed by atoms with Crippen LogP contribution in [0.2, 0.25) is 0 Å². The Morgan fingerprint density at radius 3 is 2.58 bits per heavy atom. The predicted octanol–water partition coefficient (Wildman–Crippen LogP) is 1.50. The number of hydrogen-bond acceptors (Lipinski definition) is 2. The molecule has 0 aliphatic rings. The number of aromatic nitrogens is 1. The van der Waals surface area contributed by atoms with Gasteiger partial charge in [0.1, 0.15) is 6.29 Å². The fourth-order valence-corrected chi connectivity index (χ4v) is 0.967. The lowest BCUT2D eigenvalue weighted by Gasteiger charge is -1.98. The van der Waals surface area contributed by atoms with Gasteiger partial charge in [-0.25, -0.2) is 0 Å². The van der Waals surface area contributed by atoms with Crippen LogP contribution in [0.25, 0.3) is 0 Å². The summed E-state index contributed by atoms with van der Waals surface area (Å²) in [7, 11) is 0. The minimum Gasteiger partial charge on any atom is -0.303 e. The molecule has 0 unspecified atom stereocenters. The topological polar surface area (TPSA) is 39.1 Å². The number of carbonyl (C=O) groups is 2. The van der Waals surface area contributed by atoms with E-state index in [1.165, 1.54) is 4.57 Å². The van der Waals surface area contributed by atoms with E-state index in [1.807, 2.05) is 0 Å². The van der Waals surface area contributed by atoms with Crippen LogP contribution >= 0.6 is 0 Å². The molecule has 0 bridgehead atoms. The van der Waals surface area contributed by atoms with Gasteiger partial charge in [-0.3, -0.25) is 9.36 Å². The molecule has 0 radical (unpaired) electrons. The van der Waals surface area contributed by atoms with Crippen LogP contribution in [0.15, 0.2) is 24.5 Å². The third-order valence-electron chi connectivity index (χ3n) is 1.61. The van der Waals surface area contributed by atoms with Gasteiger partial charge in [-0.05, 0) is 18.6 Å². The molecule has 3 nitrogen and oxygen atoms in total. The van der Waals surface area contributed by atoms with Gasteiger partial charge < -0.3 is 4.79 Å². The van der Waals surface area contributed by atoms with Crippen LogP contribution in [0.4, 0.5) is 0 Å². The van der Waals surface area contributed by atoms with Crippen molar-refractivity contribution in [2.45, 2.75) is 19.3 Å². The molecule has 1 rings (SSSR count). The highest BCUT2D eigenvalue weighted by atomic mass is 16.2. The van der Waals surface area contributed by atoms with Gasteiger partial charge in [0.2, 0.25) is 5.91 Å². The highest BCUT2D eigenvalue weighted by Crippen LogP contribution is 1.98. The van der Waals surface area contributed by atoms with Crippen molar-refractivity contribution < 1.29 is 9.59 Å². The number of carbonyl (C=O) groups excluding carboxylic acids is 2. The van der Waals surface area contributed by atoms with Gasteiger partial charge in [0.25, 0.3) is 0 Å². The van der Waals surface area contributed by atoms with E-state index in [4.69, 9.17) is 0 Å². The van der Waals surface area contributed by atoms with Crippen LogP contribution in [0.1, 0.15) is 24.1 Å². The number of unbranched alkanes of at least 4 members (excludes halogenated alkanes) is 1. The maximum Gasteiger partial charge on any atom is 0.230 e. The second-order valence-corrected chi connectivity index (χ2v) is 2.54. The molecule has 1 heterocycles. The first-order valence-corrected chi connectivity index (χ1v) is 3.94. The molecule has 0 fully saturated rings. The first-order chi connectivity index (χ1) is 5.84. The van der Waals surface area contributed by atoms with E-state index in [1.54, 1.807) is 24.5 Å². The fourth-order valence-electron chi connectivity index (χ4n) is 0.967. The van der Waals surface area contributed by atoms with Gasteiger partial charge in [0, 0.05) is 25.2 Å². The van der Waals surface area contributed by atoms with Crippen LogP contribution in [0, 0.1) is 0 Å². The van der Waals surface area contributed by atoms with Gasteiger partial charge in [0.15, 0.2) is 0 Å². The second-order valence-electron chi connectivity index (χ2n) is 2.54. The molecular weight excluding hydrogens is 154 g/mol. The molecule has 0 aliphatic heterocycles. The highest BCUT2D eigenvalue weighted by Gasteiger charge is 2.01. The molecule has 0 spiro atoms. The molecule has 0 saturated carbocycles. The summed E-state index contributed by atoms with van der Waals surface area (Å²) in [6.07, 6.45) is 5.80. The Bertz CT molecular complexity index is 252. The van der Waals surface area contributed by atoms with Crippen molar-refractivity contribution in [1.82, 2.24) is 4.57 Å². The Morgan fingerprint density at radius 1 is 1.33 bits per heavy atom. The zero-order valence-corrected chi connectivity index (χ0v) is 6.77. The van der Waals surface area contributed by atoms with Crippen molar-refractivity contribution in [3.63, 3.8) is 0 Å². The zero-order valence-electron chi connectivity index (χ0n) is 6.77. The van der Waals surface area contributed by atoms with E-state index in [-0.39, 0.29) is 5.91 Å². The van der Waals surface area contributed by atoms with Crippen molar-refractivity contribution in [1.29, 1.82) is 0 Å². The summed E-state index contributed by atoms with van der Waals surface area (Å²) in [5.41, 5.74) is 0. The summed E-state index contributed by atoms with van der Waals surface area (Å²) >= 11 is 0. The molecule has 12 heavy (non-hydrogen) atoms. The Hall–Kier alpha value is -1.38. The lowest BCUT2D eigenvalue weighted by molar-refractivity contribution is -0.107. The average molecular weight is 165 g/mol. The van der Waals surface area contributed by atoms with Gasteiger partial charge >= 0.3 is 0 Å². The third kappa shape index (κ3) is 2.34. The Kier molecular flexibility index (Phi) is 3.26. The molecule has 3 heteroatoms. The van der Waals surface area contributed by atoms with Gasteiger partial charge in [-0.2, -0.15) is 0 Å². The van der Waals surface area contributed by atoms with E-state index >= 15 is 0 Å². The molecule has 1 aromatic heterocycles. The normalized spacial score (nSPS) is 9.67. The molecule has 0 aliphatic carbocycles. The van der Waals surface area contributed by atoms with E-state index in [0.717, 1.165) is 6.29 Å². The zero-order chi connectivity index (χ0) is 8.81. The lowest BCUT2D eigenvalue weighted by Crippen LogP contribution is -2.07. The van der Waals surface area contributed by atoms with Crippen molar-refractivity contribution >= 4 is 12.2 Å². The van der Waals surface area contributed by atoms with Crippen LogP contribution in [0.3, 0.4) is 0 Å². The van der Waals surface area contributed by atoms with Gasteiger partial charge in [-0.1, -0.05) is 0 Å². The summed E-state index contributed by atoms with van der Waals surface area (Å²) in [6.45, 7) is 0. The predicted molar refractivity (Wildman–Crippen MR) is 45.0 cm³/mol. The van der Waals surface area contributed by atoms with E-state index in [2.05, 4.69) is 0 Å². The maximum absolute atomic E-state index is 11.2. The summed E-state index contributed by atoms with van der Waals surface area (Å²) in [5, 5.41) is 0. The number of rotatable bonds is 4. The number of hydrogen-bond donors (Lipinski definition) is 0. The molecule has 0 aromatic carbocycles. The van der Waals surface area contributed by atoms with Crippen LogP contribution in [-0.2, 0) is 4.79 Å². The summed E-state index contributed by atoms with van der Waals surface area (Å²) in [6, 6.07) is 3.61. The third-order valence-corrected chi connectivity index (χ3v) is 1.61. The lowest BCUT2D eigenvalue weighted by atomic mass is 10.2. The minimum atomic E-state index is 0.0434. The SMILES string of the molecule is O=CCCCC(=O)n1cccc1. The minimum absolute atomic E-state index is 0.0434. The maximum atomic E-state index is 11.2. The molecule has 0 saturated heterocycles. The summed E-state index contributed by atoms with van der Waals surface area (Å²) in [5.74, 6) is 0.0434. The standard InChI is InChI=1S/C9H11NO2/c11-8-4-1-5-9(12)10-6-2-3-7-10/h2-3,6-8H,1,4-5H2. The van der Waals surface area contributed by atoms with E-state index in [0.29, 0.717) is 19.3 Å². The molecule has 0 N–H and O–H groups in total. The Labute approximate surface area is 71.0 Å². The van der Waals surface area contributed by atoms with Crippen molar-refractivity contribution in [2.75, 3.05) is 0 Å². The quantitative estimate of drug-likeness (QED) is 0.501. The molecule has 1 aromatic rings. The molecule has 64 valence electrons. The monoisotopic (exact) mass is 165 g/mol. The first-order valence-electron chi connectivity index (χ1n) is 3.94. The molecular formula is C9H11NO2. The summed E-state index contributed by atoms with van der Waals surface area (Å²) in [4.78, 5) is 21.2. The average Bonchev–Trinajstić information content (AvgIpc) is 2.56. The Morgan fingerprint density at radius 2 is 2.00 bits per heavy atom. The van der Waals surface area contributed by atoms with Crippen molar-refractivity contribution in [3.05, 3.63) is 24.5 Å². The highest BCUT2D eigenvalue weighted by molar-refractivity contribution is 5.78. The first kappa shape index (κ1) is 8.71. The summed E-state index contributed by atoms with van der Waals surface area (Å²) < 4.78 is 1.53. The van der Waals surface area contributed by atoms with Crippen LogP contribution in [-0.4, -0.2) is 16.8 Å². The Balaban J connectivity index is 2.34. The van der Waals surface area contributed by atoms with Gasteiger partial charge in [0.05, 0.1) is 0 Å². The fraction of sp³-hybridized carbons (Fsp3) is 0.333. The smallest absolute Gasteiger partial charge is 0.230 e. The van der Waals surface area contributed by atoms with Crippen LogP contribution < -0.4 is 0 Å². The largest absolute Gasteiger partial charge is 0.303 e. The van der Waals surface area contributed by atoms with Crippen molar-refractivity contribution in [3.8, 4) is 0 Å². The number of aldehydes is 1. The number of nitrogens with zero attached hydrogens (tertiary/aromatic N) is 1.